The molecule has 3 aliphatic rings. The second kappa shape index (κ2) is 8.86. The fraction of sp³-hybridized carbons (Fsp3) is 0.379. The number of ether oxygens (including phenoxy) is 1. The number of aromatic nitrogens is 3. The van der Waals surface area contributed by atoms with E-state index >= 15 is 0 Å². The van der Waals surface area contributed by atoms with E-state index < -0.39 is 5.82 Å². The number of fused-ring (bicyclic) bond motifs is 4. The minimum Gasteiger partial charge on any atom is -0.508 e. The Morgan fingerprint density at radius 2 is 2.16 bits per heavy atom. The minimum atomic E-state index is -0.484. The first-order valence-electron chi connectivity index (χ1n) is 13.1. The van der Waals surface area contributed by atoms with E-state index in [1.54, 1.807) is 24.4 Å². The standard InChI is InChI=1S/C29H29FN6O2/c1-3-22-25(30)7-6-17-9-21(37)11-23(28(17)22)24-14-32-36-27(35-15-18-10-20(35)13-31-18)12-26(33-29(24)36)38-16-19-5-4-8-34(19)2/h1,6-7,9,11-12,14,18-20,31,37H,4-5,8,10,13,15-16H2,2H3. The zero-order valence-corrected chi connectivity index (χ0v) is 21.2. The van der Waals surface area contributed by atoms with Gasteiger partial charge in [-0.05, 0) is 62.0 Å². The van der Waals surface area contributed by atoms with Crippen molar-refractivity contribution >= 4 is 22.2 Å². The molecule has 0 saturated carbocycles. The molecule has 7 rings (SSSR count). The van der Waals surface area contributed by atoms with Gasteiger partial charge in [-0.1, -0.05) is 12.0 Å². The lowest BCUT2D eigenvalue weighted by molar-refractivity contribution is 0.193. The Morgan fingerprint density at radius 3 is 2.89 bits per heavy atom. The highest BCUT2D eigenvalue weighted by molar-refractivity contribution is 6.04. The molecule has 2 aromatic carbocycles. The summed E-state index contributed by atoms with van der Waals surface area (Å²) in [6.45, 7) is 3.43. The van der Waals surface area contributed by atoms with Crippen molar-refractivity contribution in [2.45, 2.75) is 37.4 Å². The number of likely N-dealkylation sites (N-methyl/N-ethyl adjacent to an activating group) is 1. The van der Waals surface area contributed by atoms with Crippen LogP contribution in [0.5, 0.6) is 11.6 Å². The van der Waals surface area contributed by atoms with Gasteiger partial charge in [0.25, 0.3) is 0 Å². The summed E-state index contributed by atoms with van der Waals surface area (Å²) in [5.41, 5.74) is 1.96. The number of halogens is 1. The molecular formula is C29H29FN6O2. The highest BCUT2D eigenvalue weighted by Crippen LogP contribution is 2.39. The first kappa shape index (κ1) is 23.3. The number of anilines is 1. The molecule has 0 amide bonds. The Hall–Kier alpha value is -3.87. The SMILES string of the molecule is C#Cc1c(F)ccc2cc(O)cc(-c3cnn4c(N5CC6CC5CN6)cc(OCC5CCCN5C)nc34)c12. The number of benzene rings is 2. The second-order valence-corrected chi connectivity index (χ2v) is 10.6. The van der Waals surface area contributed by atoms with Crippen LogP contribution in [0.1, 0.15) is 24.8 Å². The van der Waals surface area contributed by atoms with E-state index in [0.717, 1.165) is 44.7 Å². The van der Waals surface area contributed by atoms with E-state index in [1.165, 1.54) is 6.07 Å². The van der Waals surface area contributed by atoms with Crippen molar-refractivity contribution in [3.05, 3.63) is 47.9 Å². The molecule has 3 saturated heterocycles. The van der Waals surface area contributed by atoms with Crippen LogP contribution < -0.4 is 15.0 Å². The van der Waals surface area contributed by atoms with Crippen LogP contribution in [0.25, 0.3) is 27.5 Å². The summed E-state index contributed by atoms with van der Waals surface area (Å²) >= 11 is 0. The van der Waals surface area contributed by atoms with Gasteiger partial charge < -0.3 is 25.0 Å². The smallest absolute Gasteiger partial charge is 0.219 e. The van der Waals surface area contributed by atoms with Crippen LogP contribution in [-0.2, 0) is 0 Å². The summed E-state index contributed by atoms with van der Waals surface area (Å²) in [6, 6.07) is 9.29. The topological polar surface area (TPSA) is 78.2 Å². The molecule has 0 aliphatic carbocycles. The molecule has 3 aliphatic heterocycles. The van der Waals surface area contributed by atoms with Gasteiger partial charge in [0.2, 0.25) is 5.88 Å². The molecule has 38 heavy (non-hydrogen) atoms. The Labute approximate surface area is 220 Å². The average molecular weight is 513 g/mol. The molecule has 2 bridgehead atoms. The number of nitrogens with zero attached hydrogens (tertiary/aromatic N) is 5. The van der Waals surface area contributed by atoms with E-state index in [4.69, 9.17) is 21.2 Å². The molecule has 0 radical (unpaired) electrons. The number of phenols is 1. The van der Waals surface area contributed by atoms with Crippen LogP contribution in [0.4, 0.5) is 10.2 Å². The highest BCUT2D eigenvalue weighted by atomic mass is 19.1. The molecule has 3 fully saturated rings. The molecule has 5 heterocycles. The lowest BCUT2D eigenvalue weighted by Gasteiger charge is -2.30. The molecule has 0 spiro atoms. The Kier molecular flexibility index (Phi) is 5.42. The number of aromatic hydroxyl groups is 1. The maximum absolute atomic E-state index is 14.8. The summed E-state index contributed by atoms with van der Waals surface area (Å²) < 4.78 is 22.9. The molecular weight excluding hydrogens is 483 g/mol. The number of rotatable bonds is 5. The zero-order valence-electron chi connectivity index (χ0n) is 21.2. The average Bonchev–Trinajstić information content (AvgIpc) is 3.71. The van der Waals surface area contributed by atoms with Crippen LogP contribution in [0.2, 0.25) is 0 Å². The maximum atomic E-state index is 14.8. The quantitative estimate of drug-likeness (QED) is 0.397. The maximum Gasteiger partial charge on any atom is 0.219 e. The van der Waals surface area contributed by atoms with E-state index in [2.05, 4.69) is 28.1 Å². The van der Waals surface area contributed by atoms with Crippen LogP contribution in [0.15, 0.2) is 36.5 Å². The number of nitrogens with one attached hydrogen (secondary N) is 1. The van der Waals surface area contributed by atoms with Crippen molar-refractivity contribution in [2.75, 3.05) is 38.2 Å². The number of phenolic OH excluding ortho intramolecular Hbond substituents is 1. The van der Waals surface area contributed by atoms with Crippen LogP contribution in [-0.4, -0.2) is 76.0 Å². The summed E-state index contributed by atoms with van der Waals surface area (Å²) in [7, 11) is 2.13. The summed E-state index contributed by atoms with van der Waals surface area (Å²) in [5, 5.41) is 20.0. The first-order valence-corrected chi connectivity index (χ1v) is 13.1. The monoisotopic (exact) mass is 512 g/mol. The normalized spacial score (nSPS) is 23.1. The lowest BCUT2D eigenvalue weighted by atomic mass is 9.95. The van der Waals surface area contributed by atoms with Gasteiger partial charge in [-0.15, -0.1) is 6.42 Å². The van der Waals surface area contributed by atoms with Gasteiger partial charge in [0.15, 0.2) is 5.65 Å². The third kappa shape index (κ3) is 3.67. The third-order valence-electron chi connectivity index (χ3n) is 8.36. The molecule has 3 atom stereocenters. The first-order chi connectivity index (χ1) is 18.5. The minimum absolute atomic E-state index is 0.0567. The summed E-state index contributed by atoms with van der Waals surface area (Å²) in [5.74, 6) is 3.51. The van der Waals surface area contributed by atoms with Crippen molar-refractivity contribution in [3.63, 3.8) is 0 Å². The van der Waals surface area contributed by atoms with Gasteiger partial charge in [-0.3, -0.25) is 0 Å². The number of likely N-dealkylation sites (tertiary alicyclic amines) is 1. The van der Waals surface area contributed by atoms with Crippen LogP contribution >= 0.6 is 0 Å². The van der Waals surface area contributed by atoms with E-state index in [0.29, 0.717) is 58.2 Å². The van der Waals surface area contributed by atoms with Gasteiger partial charge in [0.05, 0.1) is 11.8 Å². The van der Waals surface area contributed by atoms with Gasteiger partial charge in [0.1, 0.15) is 24.0 Å². The molecule has 2 aromatic heterocycles. The van der Waals surface area contributed by atoms with Crippen molar-refractivity contribution in [2.24, 2.45) is 0 Å². The number of piperazine rings is 1. The van der Waals surface area contributed by atoms with E-state index in [-0.39, 0.29) is 11.3 Å². The van der Waals surface area contributed by atoms with Gasteiger partial charge in [0, 0.05) is 48.2 Å². The number of hydrogen-bond acceptors (Lipinski definition) is 7. The molecule has 3 unspecified atom stereocenters. The van der Waals surface area contributed by atoms with Gasteiger partial charge in [-0.2, -0.15) is 14.6 Å². The van der Waals surface area contributed by atoms with Gasteiger partial charge >= 0.3 is 0 Å². The summed E-state index contributed by atoms with van der Waals surface area (Å²) in [4.78, 5) is 9.59. The predicted octanol–water partition coefficient (Wildman–Crippen LogP) is 3.40. The molecule has 9 heteroatoms. The lowest BCUT2D eigenvalue weighted by Crippen LogP contribution is -2.44. The molecule has 194 valence electrons. The Bertz CT molecular complexity index is 1610. The molecule has 4 aromatic rings. The number of terminal acetylenes is 1. The van der Waals surface area contributed by atoms with Crippen molar-refractivity contribution < 1.29 is 14.2 Å². The largest absolute Gasteiger partial charge is 0.508 e. The van der Waals surface area contributed by atoms with Crippen molar-refractivity contribution in [3.8, 4) is 35.1 Å². The fourth-order valence-corrected chi connectivity index (χ4v) is 6.39. The third-order valence-corrected chi connectivity index (χ3v) is 8.36. The predicted molar refractivity (Wildman–Crippen MR) is 144 cm³/mol. The highest BCUT2D eigenvalue weighted by Gasteiger charge is 2.39. The fourth-order valence-electron chi connectivity index (χ4n) is 6.39. The van der Waals surface area contributed by atoms with Crippen LogP contribution in [0, 0.1) is 18.2 Å². The molecule has 2 N–H and O–H groups in total. The van der Waals surface area contributed by atoms with Crippen LogP contribution in [0.3, 0.4) is 0 Å². The Balaban J connectivity index is 1.40. The van der Waals surface area contributed by atoms with Crippen molar-refractivity contribution in [1.29, 1.82) is 0 Å². The zero-order chi connectivity index (χ0) is 26.0. The van der Waals surface area contributed by atoms with E-state index in [9.17, 15) is 9.50 Å². The Morgan fingerprint density at radius 1 is 1.26 bits per heavy atom. The van der Waals surface area contributed by atoms with Gasteiger partial charge in [-0.25, -0.2) is 4.39 Å². The summed E-state index contributed by atoms with van der Waals surface area (Å²) in [6.07, 6.45) is 10.8. The molecule has 8 nitrogen and oxygen atoms in total. The second-order valence-electron chi connectivity index (χ2n) is 10.6. The van der Waals surface area contributed by atoms with Crippen molar-refractivity contribution in [1.82, 2.24) is 24.8 Å². The van der Waals surface area contributed by atoms with E-state index in [1.807, 2.05) is 10.6 Å². The number of hydrogen-bond donors (Lipinski definition) is 2.